The molecule has 2 rings (SSSR count). The Morgan fingerprint density at radius 1 is 1.47 bits per heavy atom. The highest BCUT2D eigenvalue weighted by Crippen LogP contribution is 2.25. The van der Waals surface area contributed by atoms with Crippen molar-refractivity contribution < 1.29 is 9.18 Å². The van der Waals surface area contributed by atoms with Gasteiger partial charge >= 0.3 is 0 Å². The number of benzene rings is 1. The molecule has 0 radical (unpaired) electrons. The van der Waals surface area contributed by atoms with Gasteiger partial charge in [0.25, 0.3) is 0 Å². The Kier molecular flexibility index (Phi) is 2.60. The average Bonchev–Trinajstić information content (AvgIpc) is 2.70. The topological polar surface area (TPSA) is 30.0 Å². The molecule has 1 aromatic carbocycles. The molecule has 1 aromatic heterocycles. The summed E-state index contributed by atoms with van der Waals surface area (Å²) in [6.45, 7) is 1.71. The van der Waals surface area contributed by atoms with E-state index in [1.165, 1.54) is 23.6 Å². The number of carbonyl (C=O) groups excluding carboxylic acids is 1. The summed E-state index contributed by atoms with van der Waals surface area (Å²) in [7, 11) is 0. The van der Waals surface area contributed by atoms with Crippen LogP contribution in [-0.4, -0.2) is 11.3 Å². The van der Waals surface area contributed by atoms with Crippen LogP contribution in [-0.2, 0) is 0 Å². The number of aromatic nitrogens is 1. The maximum atomic E-state index is 13.3. The smallest absolute Gasteiger partial charge is 0.161 e. The predicted octanol–water partition coefficient (Wildman–Crippen LogP) is 3.07. The lowest BCUT2D eigenvalue weighted by molar-refractivity contribution is 0.112. The summed E-state index contributed by atoms with van der Waals surface area (Å²) in [5.41, 5.74) is 1.31. The summed E-state index contributed by atoms with van der Waals surface area (Å²) in [5, 5.41) is 0.663. The third kappa shape index (κ3) is 1.94. The molecule has 0 fully saturated rings. The van der Waals surface area contributed by atoms with Crippen LogP contribution in [0.15, 0.2) is 24.4 Å². The van der Waals surface area contributed by atoms with E-state index in [0.29, 0.717) is 21.0 Å². The van der Waals surface area contributed by atoms with Crippen molar-refractivity contribution in [3.05, 3.63) is 40.7 Å². The van der Waals surface area contributed by atoms with Gasteiger partial charge in [-0.2, -0.15) is 0 Å². The number of thiazole rings is 1. The van der Waals surface area contributed by atoms with Crippen LogP contribution >= 0.6 is 11.3 Å². The van der Waals surface area contributed by atoms with Crippen molar-refractivity contribution in [1.82, 2.24) is 4.98 Å². The van der Waals surface area contributed by atoms with E-state index in [1.807, 2.05) is 0 Å². The first-order chi connectivity index (χ1) is 7.20. The van der Waals surface area contributed by atoms with Gasteiger partial charge in [0.05, 0.1) is 4.88 Å². The second-order valence-electron chi connectivity index (χ2n) is 3.15. The van der Waals surface area contributed by atoms with Gasteiger partial charge in [0, 0.05) is 11.8 Å². The van der Waals surface area contributed by atoms with E-state index in [9.17, 15) is 9.18 Å². The number of rotatable bonds is 2. The normalized spacial score (nSPS) is 10.3. The second-order valence-corrected chi connectivity index (χ2v) is 4.21. The van der Waals surface area contributed by atoms with E-state index in [2.05, 4.69) is 4.98 Å². The standard InChI is InChI=1S/C11H8FNOS/c1-7-2-3-8(4-10(7)12)11-13-5-9(6-14)15-11/h2-6H,1H3. The Hall–Kier alpha value is -1.55. The molecule has 0 saturated heterocycles. The van der Waals surface area contributed by atoms with Gasteiger partial charge < -0.3 is 0 Å². The molecule has 0 unspecified atom stereocenters. The summed E-state index contributed by atoms with van der Waals surface area (Å²) in [4.78, 5) is 15.1. The zero-order valence-corrected chi connectivity index (χ0v) is 8.84. The van der Waals surface area contributed by atoms with Crippen molar-refractivity contribution in [2.45, 2.75) is 6.92 Å². The Bertz CT molecular complexity index is 507. The van der Waals surface area contributed by atoms with E-state index in [4.69, 9.17) is 0 Å². The molecule has 0 amide bonds. The van der Waals surface area contributed by atoms with Crippen LogP contribution < -0.4 is 0 Å². The fourth-order valence-corrected chi connectivity index (χ4v) is 1.93. The molecule has 15 heavy (non-hydrogen) atoms. The number of halogens is 1. The Morgan fingerprint density at radius 2 is 2.27 bits per heavy atom. The van der Waals surface area contributed by atoms with Crippen LogP contribution in [0.3, 0.4) is 0 Å². The van der Waals surface area contributed by atoms with Gasteiger partial charge in [0.2, 0.25) is 0 Å². The first-order valence-electron chi connectivity index (χ1n) is 4.38. The lowest BCUT2D eigenvalue weighted by atomic mass is 10.1. The molecule has 0 N–H and O–H groups in total. The van der Waals surface area contributed by atoms with E-state index < -0.39 is 0 Å². The molecule has 0 aliphatic carbocycles. The largest absolute Gasteiger partial charge is 0.297 e. The van der Waals surface area contributed by atoms with Crippen LogP contribution in [0.2, 0.25) is 0 Å². The predicted molar refractivity (Wildman–Crippen MR) is 57.6 cm³/mol. The van der Waals surface area contributed by atoms with Gasteiger partial charge in [-0.25, -0.2) is 9.37 Å². The highest BCUT2D eigenvalue weighted by molar-refractivity contribution is 7.16. The van der Waals surface area contributed by atoms with Gasteiger partial charge in [-0.05, 0) is 18.6 Å². The summed E-state index contributed by atoms with van der Waals surface area (Å²) < 4.78 is 13.3. The van der Waals surface area contributed by atoms with E-state index in [-0.39, 0.29) is 5.82 Å². The van der Waals surface area contributed by atoms with Crippen LogP contribution in [0.4, 0.5) is 4.39 Å². The zero-order valence-electron chi connectivity index (χ0n) is 8.03. The molecule has 0 aliphatic heterocycles. The average molecular weight is 221 g/mol. The third-order valence-electron chi connectivity index (χ3n) is 2.06. The molecular weight excluding hydrogens is 213 g/mol. The molecule has 2 aromatic rings. The SMILES string of the molecule is Cc1ccc(-c2ncc(C=O)s2)cc1F. The Labute approximate surface area is 90.4 Å². The minimum absolute atomic E-state index is 0.254. The molecule has 0 atom stereocenters. The second kappa shape index (κ2) is 3.90. The van der Waals surface area contributed by atoms with Gasteiger partial charge in [0.1, 0.15) is 10.8 Å². The molecule has 0 spiro atoms. The fourth-order valence-electron chi connectivity index (χ4n) is 1.20. The minimum atomic E-state index is -0.254. The van der Waals surface area contributed by atoms with Crippen LogP contribution in [0.5, 0.6) is 0 Å². The molecule has 0 bridgehead atoms. The fraction of sp³-hybridized carbons (Fsp3) is 0.0909. The molecule has 76 valence electrons. The number of hydrogen-bond donors (Lipinski definition) is 0. The highest BCUT2D eigenvalue weighted by Gasteiger charge is 2.06. The van der Waals surface area contributed by atoms with Gasteiger partial charge in [-0.3, -0.25) is 4.79 Å². The first-order valence-corrected chi connectivity index (χ1v) is 5.20. The molecule has 0 aliphatic rings. The summed E-state index contributed by atoms with van der Waals surface area (Å²) in [6.07, 6.45) is 2.23. The van der Waals surface area contributed by atoms with Crippen LogP contribution in [0.1, 0.15) is 15.2 Å². The summed E-state index contributed by atoms with van der Waals surface area (Å²) in [5.74, 6) is -0.254. The van der Waals surface area contributed by atoms with Crippen LogP contribution in [0, 0.1) is 12.7 Å². The van der Waals surface area contributed by atoms with Crippen molar-refractivity contribution >= 4 is 17.6 Å². The number of aryl methyl sites for hydroxylation is 1. The lowest BCUT2D eigenvalue weighted by Gasteiger charge is -1.98. The number of nitrogens with zero attached hydrogens (tertiary/aromatic N) is 1. The Morgan fingerprint density at radius 3 is 2.87 bits per heavy atom. The minimum Gasteiger partial charge on any atom is -0.297 e. The maximum absolute atomic E-state index is 13.3. The molecule has 4 heteroatoms. The highest BCUT2D eigenvalue weighted by atomic mass is 32.1. The summed E-state index contributed by atoms with van der Waals surface area (Å²) >= 11 is 1.25. The van der Waals surface area contributed by atoms with E-state index in [1.54, 1.807) is 19.1 Å². The zero-order chi connectivity index (χ0) is 10.8. The number of hydrogen-bond acceptors (Lipinski definition) is 3. The molecule has 1 heterocycles. The first kappa shape index (κ1) is 9.98. The van der Waals surface area contributed by atoms with Crippen molar-refractivity contribution in [2.75, 3.05) is 0 Å². The van der Waals surface area contributed by atoms with Crippen LogP contribution in [0.25, 0.3) is 10.6 Å². The molecular formula is C11H8FNOS. The van der Waals surface area contributed by atoms with Gasteiger partial charge in [-0.15, -0.1) is 11.3 Å². The van der Waals surface area contributed by atoms with Crippen molar-refractivity contribution in [1.29, 1.82) is 0 Å². The number of carbonyl (C=O) groups is 1. The summed E-state index contributed by atoms with van der Waals surface area (Å²) in [6, 6.07) is 4.93. The monoisotopic (exact) mass is 221 g/mol. The van der Waals surface area contributed by atoms with Crippen molar-refractivity contribution in [3.8, 4) is 10.6 Å². The number of aldehydes is 1. The van der Waals surface area contributed by atoms with E-state index in [0.717, 1.165) is 6.29 Å². The molecule has 2 nitrogen and oxygen atoms in total. The Balaban J connectivity index is 2.44. The van der Waals surface area contributed by atoms with E-state index >= 15 is 0 Å². The van der Waals surface area contributed by atoms with Crippen molar-refractivity contribution in [3.63, 3.8) is 0 Å². The third-order valence-corrected chi connectivity index (χ3v) is 3.03. The van der Waals surface area contributed by atoms with Crippen molar-refractivity contribution in [2.24, 2.45) is 0 Å². The quantitative estimate of drug-likeness (QED) is 0.729. The van der Waals surface area contributed by atoms with Gasteiger partial charge in [0.15, 0.2) is 6.29 Å². The maximum Gasteiger partial charge on any atom is 0.161 e. The lowest BCUT2D eigenvalue weighted by Crippen LogP contribution is -1.83. The van der Waals surface area contributed by atoms with Gasteiger partial charge in [-0.1, -0.05) is 12.1 Å². The molecule has 0 saturated carbocycles.